The zero-order valence-corrected chi connectivity index (χ0v) is 11.2. The van der Waals surface area contributed by atoms with E-state index in [1.54, 1.807) is 0 Å². The third kappa shape index (κ3) is 2.63. The molecule has 2 rings (SSSR count). The average Bonchev–Trinajstić information content (AvgIpc) is 2.83. The summed E-state index contributed by atoms with van der Waals surface area (Å²) in [5.41, 5.74) is 0. The van der Waals surface area contributed by atoms with Crippen molar-refractivity contribution < 1.29 is 9.53 Å². The Balaban J connectivity index is 1.91. The molecule has 0 aromatic heterocycles. The maximum atomic E-state index is 11.6. The lowest BCUT2D eigenvalue weighted by Gasteiger charge is -2.41. The number of rotatable bonds is 3. The van der Waals surface area contributed by atoms with Gasteiger partial charge in [0.1, 0.15) is 0 Å². The molecule has 17 heavy (non-hydrogen) atoms. The van der Waals surface area contributed by atoms with Crippen molar-refractivity contribution in [1.82, 2.24) is 9.80 Å². The normalized spacial score (nSPS) is 29.7. The molecule has 3 unspecified atom stereocenters. The second-order valence-electron chi connectivity index (χ2n) is 5.38. The van der Waals surface area contributed by atoms with E-state index in [-0.39, 0.29) is 17.9 Å². The molecule has 2 aliphatic rings. The van der Waals surface area contributed by atoms with E-state index >= 15 is 0 Å². The van der Waals surface area contributed by atoms with E-state index in [4.69, 9.17) is 4.74 Å². The Bertz CT molecular complexity index is 283. The molecule has 98 valence electrons. The van der Waals surface area contributed by atoms with Crippen LogP contribution >= 0.6 is 0 Å². The highest BCUT2D eigenvalue weighted by Gasteiger charge is 2.35. The fraction of sp³-hybridized carbons (Fsp3) is 0.923. The Morgan fingerprint density at radius 2 is 2.06 bits per heavy atom. The predicted molar refractivity (Wildman–Crippen MR) is 66.8 cm³/mol. The summed E-state index contributed by atoms with van der Waals surface area (Å²) in [6.45, 7) is 8.73. The van der Waals surface area contributed by atoms with Crippen LogP contribution in [0.1, 0.15) is 26.7 Å². The van der Waals surface area contributed by atoms with Crippen molar-refractivity contribution in [2.24, 2.45) is 5.92 Å². The summed E-state index contributed by atoms with van der Waals surface area (Å²) in [6.07, 6.45) is 2.65. The Kier molecular flexibility index (Phi) is 4.05. The first-order chi connectivity index (χ1) is 8.13. The van der Waals surface area contributed by atoms with E-state index in [2.05, 4.69) is 16.7 Å². The first kappa shape index (κ1) is 12.8. The van der Waals surface area contributed by atoms with Crippen molar-refractivity contribution in [2.45, 2.75) is 38.8 Å². The first-order valence-corrected chi connectivity index (χ1v) is 6.69. The molecular formula is C13H24N2O2. The smallest absolute Gasteiger partial charge is 0.309 e. The van der Waals surface area contributed by atoms with Crippen molar-refractivity contribution >= 4 is 5.97 Å². The first-order valence-electron chi connectivity index (χ1n) is 6.69. The number of methoxy groups -OCH3 is 1. The lowest BCUT2D eigenvalue weighted by molar-refractivity contribution is -0.147. The minimum atomic E-state index is -0.0913. The maximum absolute atomic E-state index is 11.6. The number of carbonyl (C=O) groups excluding carboxylic acids is 1. The van der Waals surface area contributed by atoms with Gasteiger partial charge in [-0.15, -0.1) is 0 Å². The van der Waals surface area contributed by atoms with Crippen LogP contribution in [-0.2, 0) is 9.53 Å². The summed E-state index contributed by atoms with van der Waals surface area (Å²) in [5.74, 6) is -0.126. The molecule has 0 bridgehead atoms. The van der Waals surface area contributed by atoms with Gasteiger partial charge in [-0.3, -0.25) is 14.6 Å². The molecular weight excluding hydrogens is 216 g/mol. The van der Waals surface area contributed by atoms with Gasteiger partial charge in [0.15, 0.2) is 0 Å². The minimum Gasteiger partial charge on any atom is -0.469 e. The van der Waals surface area contributed by atoms with Crippen LogP contribution in [0.5, 0.6) is 0 Å². The summed E-state index contributed by atoms with van der Waals surface area (Å²) in [4.78, 5) is 16.6. The number of fused-ring (bicyclic) bond motifs is 1. The summed E-state index contributed by atoms with van der Waals surface area (Å²) >= 11 is 0. The van der Waals surface area contributed by atoms with Crippen molar-refractivity contribution in [3.05, 3.63) is 0 Å². The zero-order valence-electron chi connectivity index (χ0n) is 11.2. The minimum absolute atomic E-state index is 0.0343. The Morgan fingerprint density at radius 3 is 2.76 bits per heavy atom. The number of piperazine rings is 1. The van der Waals surface area contributed by atoms with Crippen LogP contribution < -0.4 is 0 Å². The van der Waals surface area contributed by atoms with Gasteiger partial charge in [-0.25, -0.2) is 0 Å². The summed E-state index contributed by atoms with van der Waals surface area (Å²) < 4.78 is 4.83. The van der Waals surface area contributed by atoms with Crippen LogP contribution in [-0.4, -0.2) is 61.1 Å². The van der Waals surface area contributed by atoms with Crippen LogP contribution in [0.4, 0.5) is 0 Å². The second-order valence-corrected chi connectivity index (χ2v) is 5.38. The summed E-state index contributed by atoms with van der Waals surface area (Å²) in [7, 11) is 1.47. The quantitative estimate of drug-likeness (QED) is 0.688. The van der Waals surface area contributed by atoms with E-state index in [0.717, 1.165) is 25.7 Å². The van der Waals surface area contributed by atoms with Gasteiger partial charge in [0.25, 0.3) is 0 Å². The highest BCUT2D eigenvalue weighted by molar-refractivity contribution is 5.72. The van der Waals surface area contributed by atoms with E-state index < -0.39 is 0 Å². The van der Waals surface area contributed by atoms with Crippen molar-refractivity contribution in [3.8, 4) is 0 Å². The fourth-order valence-corrected chi connectivity index (χ4v) is 3.08. The van der Waals surface area contributed by atoms with Gasteiger partial charge in [0, 0.05) is 31.7 Å². The fourth-order valence-electron chi connectivity index (χ4n) is 3.08. The van der Waals surface area contributed by atoms with E-state index in [9.17, 15) is 4.79 Å². The molecule has 0 aliphatic carbocycles. The van der Waals surface area contributed by atoms with Gasteiger partial charge in [0.05, 0.1) is 13.0 Å². The second kappa shape index (κ2) is 5.36. The molecule has 0 radical (unpaired) electrons. The van der Waals surface area contributed by atoms with Crippen LogP contribution in [0, 0.1) is 5.92 Å². The lowest BCUT2D eigenvalue weighted by Crippen LogP contribution is -2.54. The Morgan fingerprint density at radius 1 is 1.29 bits per heavy atom. The topological polar surface area (TPSA) is 32.8 Å². The average molecular weight is 240 g/mol. The number of carbonyl (C=O) groups is 1. The van der Waals surface area contributed by atoms with Crippen LogP contribution in [0.25, 0.3) is 0 Å². The van der Waals surface area contributed by atoms with Gasteiger partial charge in [-0.05, 0) is 26.3 Å². The van der Waals surface area contributed by atoms with E-state index in [1.165, 1.54) is 26.5 Å². The van der Waals surface area contributed by atoms with Crippen molar-refractivity contribution in [3.63, 3.8) is 0 Å². The van der Waals surface area contributed by atoms with Crippen LogP contribution in [0.3, 0.4) is 0 Å². The predicted octanol–water partition coefficient (Wildman–Crippen LogP) is 0.964. The lowest BCUT2D eigenvalue weighted by atomic mass is 10.00. The Hall–Kier alpha value is -0.610. The molecule has 2 aliphatic heterocycles. The van der Waals surface area contributed by atoms with Gasteiger partial charge < -0.3 is 4.74 Å². The number of ether oxygens (including phenoxy) is 1. The molecule has 2 fully saturated rings. The number of hydrogen-bond acceptors (Lipinski definition) is 4. The van der Waals surface area contributed by atoms with Crippen molar-refractivity contribution in [2.75, 3.05) is 33.3 Å². The van der Waals surface area contributed by atoms with Gasteiger partial charge >= 0.3 is 5.97 Å². The van der Waals surface area contributed by atoms with Gasteiger partial charge in [-0.2, -0.15) is 0 Å². The zero-order chi connectivity index (χ0) is 12.4. The highest BCUT2D eigenvalue weighted by atomic mass is 16.5. The molecule has 3 atom stereocenters. The monoisotopic (exact) mass is 240 g/mol. The molecule has 0 N–H and O–H groups in total. The maximum Gasteiger partial charge on any atom is 0.309 e. The number of hydrogen-bond donors (Lipinski definition) is 0. The third-order valence-corrected chi connectivity index (χ3v) is 4.49. The molecule has 4 nitrogen and oxygen atoms in total. The standard InChI is InChI=1S/C13H24N2O2/c1-10(13(16)17-3)11(2)15-8-7-14-6-4-5-12(14)9-15/h10-12H,4-9H2,1-3H3. The molecule has 0 amide bonds. The molecule has 2 heterocycles. The molecule has 2 saturated heterocycles. The molecule has 0 saturated carbocycles. The molecule has 0 spiro atoms. The van der Waals surface area contributed by atoms with Crippen LogP contribution in [0.2, 0.25) is 0 Å². The number of esters is 1. The molecule has 0 aromatic carbocycles. The number of nitrogens with zero attached hydrogens (tertiary/aromatic N) is 2. The van der Waals surface area contributed by atoms with Crippen LogP contribution in [0.15, 0.2) is 0 Å². The van der Waals surface area contributed by atoms with Gasteiger partial charge in [0.2, 0.25) is 0 Å². The largest absolute Gasteiger partial charge is 0.469 e. The molecule has 0 aromatic rings. The van der Waals surface area contributed by atoms with Gasteiger partial charge in [-0.1, -0.05) is 6.92 Å². The molecule has 4 heteroatoms. The SMILES string of the molecule is COC(=O)C(C)C(C)N1CCN2CCCC2C1. The van der Waals surface area contributed by atoms with E-state index in [0.29, 0.717) is 0 Å². The summed E-state index contributed by atoms with van der Waals surface area (Å²) in [5, 5.41) is 0. The Labute approximate surface area is 104 Å². The highest BCUT2D eigenvalue weighted by Crippen LogP contribution is 2.24. The third-order valence-electron chi connectivity index (χ3n) is 4.49. The summed E-state index contributed by atoms with van der Waals surface area (Å²) in [6, 6.07) is 1.00. The van der Waals surface area contributed by atoms with Crippen molar-refractivity contribution in [1.29, 1.82) is 0 Å². The van der Waals surface area contributed by atoms with E-state index in [1.807, 2.05) is 6.92 Å².